The number of amides is 1. The van der Waals surface area contributed by atoms with Gasteiger partial charge in [0, 0.05) is 17.7 Å². The Labute approximate surface area is 154 Å². The number of aromatic nitrogens is 2. The third-order valence-corrected chi connectivity index (χ3v) is 5.15. The van der Waals surface area contributed by atoms with Gasteiger partial charge in [0.1, 0.15) is 0 Å². The molecule has 26 heavy (non-hydrogen) atoms. The van der Waals surface area contributed by atoms with Crippen LogP contribution in [0.15, 0.2) is 10.6 Å². The third kappa shape index (κ3) is 3.75. The summed E-state index contributed by atoms with van der Waals surface area (Å²) in [6, 6.07) is 2.20. The largest absolute Gasteiger partial charge is 0.349 e. The molecule has 1 saturated heterocycles. The Bertz CT molecular complexity index is 811. The summed E-state index contributed by atoms with van der Waals surface area (Å²) < 4.78 is 5.54. The quantitative estimate of drug-likeness (QED) is 0.879. The van der Waals surface area contributed by atoms with Gasteiger partial charge in [-0.3, -0.25) is 4.79 Å². The zero-order valence-corrected chi connectivity index (χ0v) is 15.9. The van der Waals surface area contributed by atoms with Crippen LogP contribution in [0.3, 0.4) is 0 Å². The van der Waals surface area contributed by atoms with E-state index in [4.69, 9.17) is 4.52 Å². The first-order valence-electron chi connectivity index (χ1n) is 9.71. The molecule has 0 radical (unpaired) electrons. The molecule has 3 heterocycles. The van der Waals surface area contributed by atoms with Crippen LogP contribution in [0.5, 0.6) is 0 Å². The summed E-state index contributed by atoms with van der Waals surface area (Å²) in [6.07, 6.45) is 4.95. The zero-order valence-electron chi connectivity index (χ0n) is 15.9. The fourth-order valence-electron chi connectivity index (χ4n) is 3.65. The molecular formula is C20H28N4O2. The fourth-order valence-corrected chi connectivity index (χ4v) is 3.65. The van der Waals surface area contributed by atoms with E-state index in [-0.39, 0.29) is 17.4 Å². The van der Waals surface area contributed by atoms with Crippen molar-refractivity contribution in [3.05, 3.63) is 23.0 Å². The Morgan fingerprint density at radius 2 is 2.00 bits per heavy atom. The van der Waals surface area contributed by atoms with E-state index in [0.717, 1.165) is 62.0 Å². The molecule has 0 aromatic carbocycles. The van der Waals surface area contributed by atoms with Crippen LogP contribution in [-0.4, -0.2) is 35.2 Å². The summed E-state index contributed by atoms with van der Waals surface area (Å²) in [7, 11) is 0. The summed E-state index contributed by atoms with van der Waals surface area (Å²) in [4.78, 5) is 17.8. The van der Waals surface area contributed by atoms with Crippen molar-refractivity contribution in [2.24, 2.45) is 5.41 Å². The summed E-state index contributed by atoms with van der Waals surface area (Å²) in [6.45, 7) is 8.38. The molecule has 2 aromatic rings. The molecule has 0 atom stereocenters. The predicted molar refractivity (Wildman–Crippen MR) is 100 cm³/mol. The van der Waals surface area contributed by atoms with Crippen LogP contribution in [-0.2, 0) is 6.42 Å². The molecule has 6 heteroatoms. The number of pyridine rings is 1. The second-order valence-electron chi connectivity index (χ2n) is 8.91. The average Bonchev–Trinajstić information content (AvgIpc) is 3.37. The molecule has 2 fully saturated rings. The second-order valence-corrected chi connectivity index (χ2v) is 8.91. The van der Waals surface area contributed by atoms with E-state index < -0.39 is 0 Å². The number of nitrogens with one attached hydrogen (secondary N) is 2. The van der Waals surface area contributed by atoms with E-state index >= 15 is 0 Å². The lowest BCUT2D eigenvalue weighted by molar-refractivity contribution is 0.0931. The summed E-state index contributed by atoms with van der Waals surface area (Å²) in [5, 5.41) is 11.6. The topological polar surface area (TPSA) is 80.0 Å². The van der Waals surface area contributed by atoms with Crippen LogP contribution in [0.25, 0.3) is 11.1 Å². The van der Waals surface area contributed by atoms with Gasteiger partial charge in [-0.15, -0.1) is 0 Å². The maximum absolute atomic E-state index is 13.1. The summed E-state index contributed by atoms with van der Waals surface area (Å²) >= 11 is 0. The number of carbonyl (C=O) groups is 1. The van der Waals surface area contributed by atoms with Crippen molar-refractivity contribution in [2.75, 3.05) is 13.1 Å². The predicted octanol–water partition coefficient (Wildman–Crippen LogP) is 3.17. The molecule has 4 rings (SSSR count). The van der Waals surface area contributed by atoms with Gasteiger partial charge in [0.15, 0.2) is 0 Å². The van der Waals surface area contributed by atoms with Gasteiger partial charge >= 0.3 is 0 Å². The molecule has 2 aliphatic rings. The smallest absolute Gasteiger partial charge is 0.259 e. The first-order chi connectivity index (χ1) is 12.4. The Kier molecular flexibility index (Phi) is 4.47. The van der Waals surface area contributed by atoms with Gasteiger partial charge in [0.2, 0.25) is 0 Å². The maximum atomic E-state index is 13.1. The number of hydrogen-bond donors (Lipinski definition) is 2. The van der Waals surface area contributed by atoms with Crippen molar-refractivity contribution in [3.8, 4) is 0 Å². The lowest BCUT2D eigenvalue weighted by Crippen LogP contribution is -2.42. The Morgan fingerprint density at radius 1 is 1.27 bits per heavy atom. The minimum absolute atomic E-state index is 0.0236. The maximum Gasteiger partial charge on any atom is 0.259 e. The number of carbonyl (C=O) groups excluding carboxylic acids is 1. The van der Waals surface area contributed by atoms with Crippen LogP contribution in [0, 0.1) is 5.41 Å². The number of hydrogen-bond acceptors (Lipinski definition) is 5. The molecule has 0 spiro atoms. The van der Waals surface area contributed by atoms with Gasteiger partial charge in [-0.1, -0.05) is 25.9 Å². The highest BCUT2D eigenvalue weighted by Crippen LogP contribution is 2.41. The lowest BCUT2D eigenvalue weighted by Gasteiger charge is -2.24. The van der Waals surface area contributed by atoms with E-state index in [0.29, 0.717) is 17.2 Å². The molecule has 1 amide bonds. The van der Waals surface area contributed by atoms with Gasteiger partial charge in [0.25, 0.3) is 11.6 Å². The molecule has 1 aliphatic carbocycles. The summed E-state index contributed by atoms with van der Waals surface area (Å²) in [5.74, 6) is 0.436. The van der Waals surface area contributed by atoms with Gasteiger partial charge in [-0.2, -0.15) is 0 Å². The highest BCUT2D eigenvalue weighted by Gasteiger charge is 2.30. The van der Waals surface area contributed by atoms with Gasteiger partial charge in [-0.05, 0) is 56.7 Å². The SMILES string of the molecule is CC(C)(C)Cc1noc2nc(C3CC3)cc(C(=O)NC3CCNCC3)c12. The number of piperidine rings is 1. The van der Waals surface area contributed by atoms with Gasteiger partial charge in [0.05, 0.1) is 16.6 Å². The van der Waals surface area contributed by atoms with E-state index in [1.165, 1.54) is 0 Å². The molecule has 140 valence electrons. The minimum atomic E-state index is -0.0236. The van der Waals surface area contributed by atoms with Crippen LogP contribution in [0.1, 0.15) is 74.1 Å². The molecule has 2 N–H and O–H groups in total. The Morgan fingerprint density at radius 3 is 2.65 bits per heavy atom. The molecule has 0 unspecified atom stereocenters. The summed E-state index contributed by atoms with van der Waals surface area (Å²) in [5.41, 5.74) is 3.03. The number of fused-ring (bicyclic) bond motifs is 1. The van der Waals surface area contributed by atoms with Crippen molar-refractivity contribution in [2.45, 2.75) is 64.8 Å². The first kappa shape index (κ1) is 17.5. The van der Waals surface area contributed by atoms with E-state index in [9.17, 15) is 4.79 Å². The number of rotatable bonds is 4. The van der Waals surface area contributed by atoms with E-state index in [1.54, 1.807) is 0 Å². The van der Waals surface area contributed by atoms with Crippen LogP contribution in [0.4, 0.5) is 0 Å². The normalized spacial score (nSPS) is 19.0. The molecule has 1 aliphatic heterocycles. The Hall–Kier alpha value is -1.95. The Balaban J connectivity index is 1.71. The van der Waals surface area contributed by atoms with Crippen molar-refractivity contribution in [1.82, 2.24) is 20.8 Å². The van der Waals surface area contributed by atoms with E-state index in [1.807, 2.05) is 6.07 Å². The zero-order chi connectivity index (χ0) is 18.3. The van der Waals surface area contributed by atoms with E-state index in [2.05, 4.69) is 41.5 Å². The number of nitrogens with zero attached hydrogens (tertiary/aromatic N) is 2. The second kappa shape index (κ2) is 6.65. The molecule has 1 saturated carbocycles. The molecule has 2 aromatic heterocycles. The third-order valence-electron chi connectivity index (χ3n) is 5.15. The van der Waals surface area contributed by atoms with Crippen molar-refractivity contribution in [1.29, 1.82) is 0 Å². The highest BCUT2D eigenvalue weighted by atomic mass is 16.5. The first-order valence-corrected chi connectivity index (χ1v) is 9.71. The molecule has 6 nitrogen and oxygen atoms in total. The molecule has 0 bridgehead atoms. The fraction of sp³-hybridized carbons (Fsp3) is 0.650. The standard InChI is InChI=1S/C20H28N4O2/c1-20(2,3)11-16-17-14(18(25)22-13-6-8-21-9-7-13)10-15(12-4-5-12)23-19(17)26-24-16/h10,12-13,21H,4-9,11H2,1-3H3,(H,22,25). The van der Waals surface area contributed by atoms with Gasteiger partial charge in [-0.25, -0.2) is 4.98 Å². The van der Waals surface area contributed by atoms with Crippen molar-refractivity contribution < 1.29 is 9.32 Å². The van der Waals surface area contributed by atoms with Crippen LogP contribution >= 0.6 is 0 Å². The monoisotopic (exact) mass is 356 g/mol. The average molecular weight is 356 g/mol. The highest BCUT2D eigenvalue weighted by molar-refractivity contribution is 6.06. The van der Waals surface area contributed by atoms with Crippen LogP contribution in [0.2, 0.25) is 0 Å². The van der Waals surface area contributed by atoms with Crippen LogP contribution < -0.4 is 10.6 Å². The molecular weight excluding hydrogens is 328 g/mol. The lowest BCUT2D eigenvalue weighted by atomic mass is 9.89. The minimum Gasteiger partial charge on any atom is -0.349 e. The van der Waals surface area contributed by atoms with Gasteiger partial charge < -0.3 is 15.2 Å². The van der Waals surface area contributed by atoms with Crippen molar-refractivity contribution >= 4 is 17.0 Å². The van der Waals surface area contributed by atoms with Crippen molar-refractivity contribution in [3.63, 3.8) is 0 Å².